The van der Waals surface area contributed by atoms with Crippen LogP contribution >= 0.6 is 0 Å². The van der Waals surface area contributed by atoms with E-state index in [1.165, 1.54) is 96.3 Å². The van der Waals surface area contributed by atoms with Crippen molar-refractivity contribution in [3.8, 4) is 0 Å². The first-order chi connectivity index (χ1) is 26.3. The second-order valence-electron chi connectivity index (χ2n) is 13.0. The highest BCUT2D eigenvalue weighted by molar-refractivity contribution is 5.69. The fourth-order valence-electron chi connectivity index (χ4n) is 5.22. The van der Waals surface area contributed by atoms with Crippen LogP contribution in [0.15, 0.2) is 0 Å². The van der Waals surface area contributed by atoms with Crippen LogP contribution < -0.4 is 0 Å². The topological polar surface area (TPSA) is 119 Å². The predicted molar refractivity (Wildman–Crippen MR) is 209 cm³/mol. The second kappa shape index (κ2) is 49.1. The van der Waals surface area contributed by atoms with Crippen molar-refractivity contribution < 1.29 is 56.9 Å². The Labute approximate surface area is 324 Å². The summed E-state index contributed by atoms with van der Waals surface area (Å²) in [7, 11) is 0. The van der Waals surface area contributed by atoms with Gasteiger partial charge in [-0.25, -0.2) is 0 Å². The molecule has 12 heteroatoms. The number of carbonyl (C=O) groups excluding carboxylic acids is 1. The maximum absolute atomic E-state index is 11.2. The number of hydrogen-bond acceptors (Lipinski definition) is 12. The van der Waals surface area contributed by atoms with Crippen LogP contribution in [-0.2, 0) is 56.9 Å². The molecule has 0 saturated carbocycles. The van der Waals surface area contributed by atoms with Crippen molar-refractivity contribution in [3.05, 3.63) is 0 Å². The summed E-state index contributed by atoms with van der Waals surface area (Å²) in [5, 5.41) is 0. The molecule has 0 aromatic heterocycles. The average Bonchev–Trinajstić information content (AvgIpc) is 3.16. The van der Waals surface area contributed by atoms with Crippen LogP contribution in [0.2, 0.25) is 0 Å². The summed E-state index contributed by atoms with van der Waals surface area (Å²) in [4.78, 5) is 11.2. The molecule has 12 nitrogen and oxygen atoms in total. The van der Waals surface area contributed by atoms with Gasteiger partial charge in [-0.15, -0.1) is 0 Å². The van der Waals surface area contributed by atoms with E-state index in [0.717, 1.165) is 13.0 Å². The van der Waals surface area contributed by atoms with E-state index in [9.17, 15) is 4.79 Å². The Balaban J connectivity index is 3.06. The fourth-order valence-corrected chi connectivity index (χ4v) is 5.22. The Morgan fingerprint density at radius 2 is 0.509 bits per heavy atom. The lowest BCUT2D eigenvalue weighted by molar-refractivity contribution is -0.144. The van der Waals surface area contributed by atoms with E-state index < -0.39 is 0 Å². The minimum absolute atomic E-state index is 0.246. The average molecular weight is 767 g/mol. The Kier molecular flexibility index (Phi) is 48.2. The van der Waals surface area contributed by atoms with Gasteiger partial charge in [0.15, 0.2) is 0 Å². The van der Waals surface area contributed by atoms with Crippen LogP contribution in [0.3, 0.4) is 0 Å². The minimum Gasteiger partial charge on any atom is -0.466 e. The van der Waals surface area contributed by atoms with Crippen LogP contribution in [0.1, 0.15) is 123 Å². The zero-order valence-electron chi connectivity index (χ0n) is 34.3. The Morgan fingerprint density at radius 1 is 0.283 bits per heavy atom. The van der Waals surface area contributed by atoms with Gasteiger partial charge in [-0.1, -0.05) is 103 Å². The van der Waals surface area contributed by atoms with Crippen molar-refractivity contribution in [1.82, 2.24) is 0 Å². The van der Waals surface area contributed by atoms with Crippen LogP contribution in [0.25, 0.3) is 0 Å². The molecule has 53 heavy (non-hydrogen) atoms. The third-order valence-electron chi connectivity index (χ3n) is 8.25. The standard InChI is InChI=1S/C41H82O12/c1-3-5-6-7-8-9-10-11-12-13-14-15-16-17-18-19-21-43-23-25-45-27-29-47-31-33-49-35-37-51-39-40-52-38-36-50-34-32-48-30-28-46-26-24-44-22-20-41(42)53-4-2/h3-40H2,1-2H3. The van der Waals surface area contributed by atoms with Gasteiger partial charge in [0.2, 0.25) is 0 Å². The van der Waals surface area contributed by atoms with Crippen LogP contribution in [0.4, 0.5) is 0 Å². The number of rotatable bonds is 48. The molecular weight excluding hydrogens is 684 g/mol. The van der Waals surface area contributed by atoms with E-state index in [0.29, 0.717) is 132 Å². The highest BCUT2D eigenvalue weighted by Crippen LogP contribution is 2.13. The molecule has 0 aromatic rings. The first kappa shape index (κ1) is 52.1. The summed E-state index contributed by atoms with van der Waals surface area (Å²) in [5.74, 6) is -0.246. The molecule has 0 heterocycles. The molecule has 0 amide bonds. The molecule has 0 spiro atoms. The Hall–Kier alpha value is -0.930. The van der Waals surface area contributed by atoms with Crippen LogP contribution in [-0.4, -0.2) is 145 Å². The van der Waals surface area contributed by atoms with E-state index in [-0.39, 0.29) is 12.4 Å². The lowest BCUT2D eigenvalue weighted by Gasteiger charge is -2.09. The van der Waals surface area contributed by atoms with Gasteiger partial charge in [-0.3, -0.25) is 4.79 Å². The number of ether oxygens (including phenoxy) is 11. The van der Waals surface area contributed by atoms with Crippen LogP contribution in [0, 0.1) is 0 Å². The molecule has 0 atom stereocenters. The molecule has 0 aliphatic carbocycles. The third kappa shape index (κ3) is 49.1. The number of hydrogen-bond donors (Lipinski definition) is 0. The van der Waals surface area contributed by atoms with Crippen LogP contribution in [0.5, 0.6) is 0 Å². The largest absolute Gasteiger partial charge is 0.466 e. The molecule has 0 bridgehead atoms. The SMILES string of the molecule is CCCCCCCCCCCCCCCCCCOCCOCCOCCOCCOCCOCCOCCOCCOCCOCCC(=O)OCC. The van der Waals surface area contributed by atoms with Crippen molar-refractivity contribution in [3.63, 3.8) is 0 Å². The Morgan fingerprint density at radius 3 is 0.774 bits per heavy atom. The van der Waals surface area contributed by atoms with Gasteiger partial charge < -0.3 is 52.1 Å². The maximum atomic E-state index is 11.2. The van der Waals surface area contributed by atoms with Gasteiger partial charge in [0.05, 0.1) is 139 Å². The molecule has 0 aliphatic rings. The molecule has 0 radical (unpaired) electrons. The quantitative estimate of drug-likeness (QED) is 0.0455. The monoisotopic (exact) mass is 767 g/mol. The number of esters is 1. The van der Waals surface area contributed by atoms with Crippen molar-refractivity contribution >= 4 is 5.97 Å². The lowest BCUT2D eigenvalue weighted by atomic mass is 10.0. The lowest BCUT2D eigenvalue weighted by Crippen LogP contribution is -2.15. The van der Waals surface area contributed by atoms with Gasteiger partial charge in [0.1, 0.15) is 0 Å². The van der Waals surface area contributed by atoms with Gasteiger partial charge >= 0.3 is 5.97 Å². The van der Waals surface area contributed by atoms with Gasteiger partial charge in [0.25, 0.3) is 0 Å². The second-order valence-corrected chi connectivity index (χ2v) is 13.0. The van der Waals surface area contributed by atoms with E-state index in [4.69, 9.17) is 52.1 Å². The summed E-state index contributed by atoms with van der Waals surface area (Å²) in [6, 6.07) is 0. The van der Waals surface area contributed by atoms with Crippen molar-refractivity contribution in [2.45, 2.75) is 123 Å². The molecule has 0 fully saturated rings. The molecule has 0 aromatic carbocycles. The molecule has 318 valence electrons. The molecule has 0 saturated heterocycles. The molecular formula is C41H82O12. The molecule has 0 aliphatic heterocycles. The van der Waals surface area contributed by atoms with Crippen molar-refractivity contribution in [2.75, 3.05) is 139 Å². The van der Waals surface area contributed by atoms with Gasteiger partial charge in [-0.05, 0) is 13.3 Å². The highest BCUT2D eigenvalue weighted by atomic mass is 16.6. The molecule has 0 N–H and O–H groups in total. The summed E-state index contributed by atoms with van der Waals surface area (Å²) < 4.78 is 59.8. The predicted octanol–water partition coefficient (Wildman–Crippen LogP) is 7.37. The first-order valence-electron chi connectivity index (χ1n) is 21.2. The minimum atomic E-state index is -0.246. The normalized spacial score (nSPS) is 11.5. The Bertz CT molecular complexity index is 673. The molecule has 0 rings (SSSR count). The summed E-state index contributed by atoms with van der Waals surface area (Å²) >= 11 is 0. The first-order valence-corrected chi connectivity index (χ1v) is 21.2. The van der Waals surface area contributed by atoms with E-state index in [1.54, 1.807) is 6.92 Å². The van der Waals surface area contributed by atoms with E-state index in [2.05, 4.69) is 6.92 Å². The summed E-state index contributed by atoms with van der Waals surface area (Å²) in [6.07, 6.45) is 22.4. The van der Waals surface area contributed by atoms with Gasteiger partial charge in [-0.2, -0.15) is 0 Å². The zero-order valence-corrected chi connectivity index (χ0v) is 34.3. The van der Waals surface area contributed by atoms with Gasteiger partial charge in [0, 0.05) is 6.61 Å². The molecule has 0 unspecified atom stereocenters. The maximum Gasteiger partial charge on any atom is 0.308 e. The zero-order chi connectivity index (χ0) is 38.2. The van der Waals surface area contributed by atoms with Crippen molar-refractivity contribution in [2.24, 2.45) is 0 Å². The number of unbranched alkanes of at least 4 members (excludes halogenated alkanes) is 15. The number of carbonyl (C=O) groups is 1. The van der Waals surface area contributed by atoms with Crippen molar-refractivity contribution in [1.29, 1.82) is 0 Å². The highest BCUT2D eigenvalue weighted by Gasteiger charge is 2.01. The van der Waals surface area contributed by atoms with E-state index >= 15 is 0 Å². The fraction of sp³-hybridized carbons (Fsp3) is 0.976. The smallest absolute Gasteiger partial charge is 0.308 e. The van der Waals surface area contributed by atoms with E-state index in [1.807, 2.05) is 0 Å². The summed E-state index contributed by atoms with van der Waals surface area (Å²) in [5.41, 5.74) is 0. The summed E-state index contributed by atoms with van der Waals surface area (Å²) in [6.45, 7) is 15.0. The third-order valence-corrected chi connectivity index (χ3v) is 8.25.